The van der Waals surface area contributed by atoms with E-state index in [9.17, 15) is 8.78 Å². The molecule has 0 aliphatic heterocycles. The second kappa shape index (κ2) is 7.50. The molecule has 2 aromatic carbocycles. The zero-order valence-electron chi connectivity index (χ0n) is 12.8. The summed E-state index contributed by atoms with van der Waals surface area (Å²) in [5, 5.41) is 6.21. The molecule has 0 saturated carbocycles. The van der Waals surface area contributed by atoms with Gasteiger partial charge in [-0.05, 0) is 42.3 Å². The molecule has 0 aliphatic rings. The number of rotatable bonds is 6. The molecule has 122 valence electrons. The van der Waals surface area contributed by atoms with Gasteiger partial charge in [-0.2, -0.15) is 0 Å². The van der Waals surface area contributed by atoms with E-state index in [2.05, 4.69) is 20.6 Å². The minimum absolute atomic E-state index is 0.240. The van der Waals surface area contributed by atoms with Crippen molar-refractivity contribution in [1.29, 1.82) is 0 Å². The number of aromatic nitrogens is 2. The zero-order chi connectivity index (χ0) is 16.8. The van der Waals surface area contributed by atoms with E-state index in [-0.39, 0.29) is 11.6 Å². The Bertz CT molecular complexity index is 806. The highest BCUT2D eigenvalue weighted by Gasteiger charge is 2.01. The Balaban J connectivity index is 1.57. The van der Waals surface area contributed by atoms with Gasteiger partial charge in [0.15, 0.2) is 0 Å². The molecule has 3 aromatic rings. The number of halogens is 2. The van der Waals surface area contributed by atoms with Gasteiger partial charge in [0.1, 0.15) is 29.6 Å². The molecule has 0 spiro atoms. The van der Waals surface area contributed by atoms with Crippen LogP contribution in [0.25, 0.3) is 0 Å². The quantitative estimate of drug-likeness (QED) is 0.714. The van der Waals surface area contributed by atoms with Crippen molar-refractivity contribution < 1.29 is 8.78 Å². The van der Waals surface area contributed by atoms with Crippen LogP contribution < -0.4 is 10.6 Å². The molecular formula is C18H16F2N4. The minimum Gasteiger partial charge on any atom is -0.370 e. The Morgan fingerprint density at radius 2 is 1.62 bits per heavy atom. The second-order valence-corrected chi connectivity index (χ2v) is 5.23. The molecule has 0 fully saturated rings. The Labute approximate surface area is 138 Å². The summed E-state index contributed by atoms with van der Waals surface area (Å²) in [7, 11) is 0. The van der Waals surface area contributed by atoms with Gasteiger partial charge in [0.2, 0.25) is 0 Å². The third kappa shape index (κ3) is 4.49. The van der Waals surface area contributed by atoms with E-state index in [1.54, 1.807) is 30.3 Å². The van der Waals surface area contributed by atoms with Crippen LogP contribution in [0, 0.1) is 11.6 Å². The van der Waals surface area contributed by atoms with E-state index in [0.717, 1.165) is 12.0 Å². The summed E-state index contributed by atoms with van der Waals surface area (Å²) in [6.07, 6.45) is 2.18. The number of benzene rings is 2. The Morgan fingerprint density at radius 3 is 2.42 bits per heavy atom. The normalized spacial score (nSPS) is 10.4. The molecule has 1 aromatic heterocycles. The van der Waals surface area contributed by atoms with Gasteiger partial charge in [0, 0.05) is 18.3 Å². The number of nitrogens with one attached hydrogen (secondary N) is 2. The topological polar surface area (TPSA) is 49.8 Å². The van der Waals surface area contributed by atoms with Crippen LogP contribution >= 0.6 is 0 Å². The number of hydrogen-bond acceptors (Lipinski definition) is 4. The third-order valence-corrected chi connectivity index (χ3v) is 3.40. The van der Waals surface area contributed by atoms with Crippen LogP contribution in [0.5, 0.6) is 0 Å². The molecule has 2 N–H and O–H groups in total. The molecule has 0 saturated heterocycles. The van der Waals surface area contributed by atoms with Crippen molar-refractivity contribution >= 4 is 17.3 Å². The summed E-state index contributed by atoms with van der Waals surface area (Å²) in [4.78, 5) is 8.26. The van der Waals surface area contributed by atoms with Gasteiger partial charge in [-0.1, -0.05) is 18.2 Å². The first-order chi connectivity index (χ1) is 11.7. The molecule has 0 atom stereocenters. The molecule has 0 amide bonds. The summed E-state index contributed by atoms with van der Waals surface area (Å²) >= 11 is 0. The molecule has 0 unspecified atom stereocenters. The zero-order valence-corrected chi connectivity index (χ0v) is 12.8. The molecule has 0 radical (unpaired) electrons. The first kappa shape index (κ1) is 15.9. The monoisotopic (exact) mass is 326 g/mol. The standard InChI is InChI=1S/C18H16F2N4/c19-14-6-4-13(5-7-14)8-9-21-17-11-18(23-12-22-17)24-16-3-1-2-15(20)10-16/h1-7,10-12H,8-9H2,(H2,21,22,23,24). The molecule has 4 nitrogen and oxygen atoms in total. The second-order valence-electron chi connectivity index (χ2n) is 5.23. The summed E-state index contributed by atoms with van der Waals surface area (Å²) in [5.41, 5.74) is 1.65. The van der Waals surface area contributed by atoms with Crippen LogP contribution in [0.2, 0.25) is 0 Å². The average Bonchev–Trinajstić information content (AvgIpc) is 2.57. The Hall–Kier alpha value is -3.02. The fraction of sp³-hybridized carbons (Fsp3) is 0.111. The van der Waals surface area contributed by atoms with Gasteiger partial charge in [0.25, 0.3) is 0 Å². The van der Waals surface area contributed by atoms with E-state index in [1.807, 2.05) is 0 Å². The number of anilines is 3. The predicted octanol–water partition coefficient (Wildman–Crippen LogP) is 4.15. The SMILES string of the molecule is Fc1ccc(CCNc2cc(Nc3cccc(F)c3)ncn2)cc1. The lowest BCUT2D eigenvalue weighted by molar-refractivity contribution is 0.627. The molecule has 1 heterocycles. The summed E-state index contributed by atoms with van der Waals surface area (Å²) in [6, 6.07) is 14.3. The minimum atomic E-state index is -0.313. The fourth-order valence-corrected chi connectivity index (χ4v) is 2.22. The van der Waals surface area contributed by atoms with Gasteiger partial charge in [-0.15, -0.1) is 0 Å². The lowest BCUT2D eigenvalue weighted by Gasteiger charge is -2.09. The maximum atomic E-state index is 13.2. The van der Waals surface area contributed by atoms with Crippen molar-refractivity contribution in [3.05, 3.63) is 78.1 Å². The molecule has 3 rings (SSSR count). The highest BCUT2D eigenvalue weighted by atomic mass is 19.1. The van der Waals surface area contributed by atoms with Crippen molar-refractivity contribution in [3.8, 4) is 0 Å². The largest absolute Gasteiger partial charge is 0.370 e. The summed E-state index contributed by atoms with van der Waals surface area (Å²) in [5.74, 6) is 0.674. The summed E-state index contributed by atoms with van der Waals surface area (Å²) in [6.45, 7) is 0.655. The van der Waals surface area contributed by atoms with Crippen molar-refractivity contribution in [2.75, 3.05) is 17.2 Å². The highest BCUT2D eigenvalue weighted by molar-refractivity contribution is 5.58. The van der Waals surface area contributed by atoms with E-state index < -0.39 is 0 Å². The average molecular weight is 326 g/mol. The number of hydrogen-bond donors (Lipinski definition) is 2. The van der Waals surface area contributed by atoms with Crippen LogP contribution in [0.15, 0.2) is 60.9 Å². The van der Waals surface area contributed by atoms with Crippen molar-refractivity contribution in [2.45, 2.75) is 6.42 Å². The highest BCUT2D eigenvalue weighted by Crippen LogP contribution is 2.17. The van der Waals surface area contributed by atoms with Gasteiger partial charge >= 0.3 is 0 Å². The van der Waals surface area contributed by atoms with Crippen molar-refractivity contribution in [1.82, 2.24) is 9.97 Å². The van der Waals surface area contributed by atoms with Gasteiger partial charge < -0.3 is 10.6 Å². The lowest BCUT2D eigenvalue weighted by atomic mass is 10.1. The predicted molar refractivity (Wildman–Crippen MR) is 90.3 cm³/mol. The lowest BCUT2D eigenvalue weighted by Crippen LogP contribution is -2.07. The molecule has 24 heavy (non-hydrogen) atoms. The summed E-state index contributed by atoms with van der Waals surface area (Å²) < 4.78 is 26.1. The van der Waals surface area contributed by atoms with E-state index in [4.69, 9.17) is 0 Å². The maximum absolute atomic E-state index is 13.2. The fourth-order valence-electron chi connectivity index (χ4n) is 2.22. The third-order valence-electron chi connectivity index (χ3n) is 3.40. The first-order valence-electron chi connectivity index (χ1n) is 7.52. The molecule has 0 bridgehead atoms. The van der Waals surface area contributed by atoms with E-state index in [0.29, 0.717) is 23.9 Å². The van der Waals surface area contributed by atoms with E-state index in [1.165, 1.54) is 30.6 Å². The van der Waals surface area contributed by atoms with Crippen molar-refractivity contribution in [2.24, 2.45) is 0 Å². The smallest absolute Gasteiger partial charge is 0.135 e. The van der Waals surface area contributed by atoms with Gasteiger partial charge in [-0.25, -0.2) is 18.7 Å². The van der Waals surface area contributed by atoms with Crippen LogP contribution in [0.4, 0.5) is 26.1 Å². The Morgan fingerprint density at radius 1 is 0.833 bits per heavy atom. The van der Waals surface area contributed by atoms with Crippen LogP contribution in [-0.4, -0.2) is 16.5 Å². The van der Waals surface area contributed by atoms with Crippen LogP contribution in [0.3, 0.4) is 0 Å². The van der Waals surface area contributed by atoms with Crippen molar-refractivity contribution in [3.63, 3.8) is 0 Å². The number of nitrogens with zero attached hydrogens (tertiary/aromatic N) is 2. The Kier molecular flexibility index (Phi) is 4.96. The van der Waals surface area contributed by atoms with E-state index >= 15 is 0 Å². The first-order valence-corrected chi connectivity index (χ1v) is 7.52. The maximum Gasteiger partial charge on any atom is 0.135 e. The molecule has 0 aliphatic carbocycles. The van der Waals surface area contributed by atoms with Crippen LogP contribution in [0.1, 0.15) is 5.56 Å². The molecule has 6 heteroatoms. The van der Waals surface area contributed by atoms with Gasteiger partial charge in [-0.3, -0.25) is 0 Å². The van der Waals surface area contributed by atoms with Crippen LogP contribution in [-0.2, 0) is 6.42 Å². The molecular weight excluding hydrogens is 310 g/mol. The van der Waals surface area contributed by atoms with Gasteiger partial charge in [0.05, 0.1) is 0 Å².